The number of hydrogen-bond acceptors (Lipinski definition) is 2. The predicted octanol–water partition coefficient (Wildman–Crippen LogP) is -0.0667. The van der Waals surface area contributed by atoms with Gasteiger partial charge in [0.25, 0.3) is 0 Å². The van der Waals surface area contributed by atoms with Gasteiger partial charge in [-0.25, -0.2) is 0 Å². The molecule has 9 heavy (non-hydrogen) atoms. The van der Waals surface area contributed by atoms with Crippen LogP contribution in [0.4, 0.5) is 0 Å². The summed E-state index contributed by atoms with van der Waals surface area (Å²) in [5.41, 5.74) is 0. The summed E-state index contributed by atoms with van der Waals surface area (Å²) in [5, 5.41) is 15.8. The summed E-state index contributed by atoms with van der Waals surface area (Å²) in [6.07, 6.45) is -0.593. The standard InChI is InChI=1S/C4H6O4.Mn/c5-3(6)1-2-4(7)8;/h1-2H2,(H,5,6)(H,7,8);. The molecule has 0 aromatic carbocycles. The van der Waals surface area contributed by atoms with Crippen LogP contribution in [-0.4, -0.2) is 22.2 Å². The van der Waals surface area contributed by atoms with Crippen molar-refractivity contribution < 1.29 is 36.9 Å². The Morgan fingerprint density at radius 2 is 1.22 bits per heavy atom. The number of hydrogen-bond donors (Lipinski definition) is 2. The Morgan fingerprint density at radius 3 is 1.33 bits per heavy atom. The number of rotatable bonds is 3. The third-order valence-electron chi connectivity index (χ3n) is 0.553. The SMILES string of the molecule is O=C(O)CCC(=O)O.[Mn]. The Bertz CT molecular complexity index is 97.1. The largest absolute Gasteiger partial charge is 0.481 e. The van der Waals surface area contributed by atoms with E-state index < -0.39 is 11.9 Å². The van der Waals surface area contributed by atoms with E-state index in [2.05, 4.69) is 0 Å². The van der Waals surface area contributed by atoms with Gasteiger partial charge in [0, 0.05) is 17.1 Å². The van der Waals surface area contributed by atoms with Crippen LogP contribution in [0.2, 0.25) is 0 Å². The fourth-order valence-corrected chi connectivity index (χ4v) is 0.214. The van der Waals surface area contributed by atoms with Crippen molar-refractivity contribution in [3.05, 3.63) is 0 Å². The maximum atomic E-state index is 9.64. The quantitative estimate of drug-likeness (QED) is 0.586. The fraction of sp³-hybridized carbons (Fsp3) is 0.500. The van der Waals surface area contributed by atoms with Crippen LogP contribution >= 0.6 is 0 Å². The smallest absolute Gasteiger partial charge is 0.303 e. The van der Waals surface area contributed by atoms with E-state index in [4.69, 9.17) is 10.2 Å². The fourth-order valence-electron chi connectivity index (χ4n) is 0.214. The second-order valence-corrected chi connectivity index (χ2v) is 1.29. The number of carboxylic acid groups (broad SMARTS) is 2. The average molecular weight is 173 g/mol. The number of carbonyl (C=O) groups is 2. The van der Waals surface area contributed by atoms with Gasteiger partial charge in [-0.3, -0.25) is 9.59 Å². The summed E-state index contributed by atoms with van der Waals surface area (Å²) in [4.78, 5) is 19.3. The van der Waals surface area contributed by atoms with Crippen molar-refractivity contribution in [1.82, 2.24) is 0 Å². The van der Waals surface area contributed by atoms with E-state index in [1.807, 2.05) is 0 Å². The van der Waals surface area contributed by atoms with E-state index in [0.717, 1.165) is 0 Å². The van der Waals surface area contributed by atoms with Crippen molar-refractivity contribution in [3.63, 3.8) is 0 Å². The summed E-state index contributed by atoms with van der Waals surface area (Å²) in [6, 6.07) is 0. The van der Waals surface area contributed by atoms with Gasteiger partial charge in [-0.15, -0.1) is 0 Å². The van der Waals surface area contributed by atoms with E-state index >= 15 is 0 Å². The molecule has 0 saturated carbocycles. The molecule has 0 heterocycles. The second kappa shape index (κ2) is 5.59. The minimum atomic E-state index is -1.08. The molecule has 0 aromatic rings. The molecule has 0 aromatic heterocycles. The second-order valence-electron chi connectivity index (χ2n) is 1.29. The summed E-state index contributed by atoms with van der Waals surface area (Å²) in [5.74, 6) is -2.15. The maximum Gasteiger partial charge on any atom is 0.303 e. The van der Waals surface area contributed by atoms with Crippen molar-refractivity contribution in [3.8, 4) is 0 Å². The summed E-state index contributed by atoms with van der Waals surface area (Å²) >= 11 is 0. The molecular formula is C4H6MnO4. The summed E-state index contributed by atoms with van der Waals surface area (Å²) in [6.45, 7) is 0. The van der Waals surface area contributed by atoms with Crippen molar-refractivity contribution in [2.75, 3.05) is 0 Å². The first kappa shape index (κ1) is 11.3. The van der Waals surface area contributed by atoms with E-state index in [0.29, 0.717) is 0 Å². The normalized spacial score (nSPS) is 7.56. The molecule has 0 saturated heterocycles. The van der Waals surface area contributed by atoms with Crippen molar-refractivity contribution in [2.45, 2.75) is 12.8 Å². The zero-order valence-corrected chi connectivity index (χ0v) is 5.68. The van der Waals surface area contributed by atoms with Gasteiger partial charge in [-0.1, -0.05) is 0 Å². The van der Waals surface area contributed by atoms with Crippen LogP contribution in [0.15, 0.2) is 0 Å². The first-order chi connectivity index (χ1) is 3.63. The molecule has 0 atom stereocenters. The number of aliphatic carboxylic acids is 2. The molecule has 0 fully saturated rings. The first-order valence-electron chi connectivity index (χ1n) is 2.06. The van der Waals surface area contributed by atoms with Gasteiger partial charge >= 0.3 is 11.9 Å². The van der Waals surface area contributed by atoms with Gasteiger partial charge in [0.2, 0.25) is 0 Å². The molecule has 2 N–H and O–H groups in total. The van der Waals surface area contributed by atoms with Gasteiger partial charge in [0.05, 0.1) is 12.8 Å². The van der Waals surface area contributed by atoms with Gasteiger partial charge in [0.15, 0.2) is 0 Å². The third kappa shape index (κ3) is 11.2. The minimum absolute atomic E-state index is 0. The van der Waals surface area contributed by atoms with E-state index in [9.17, 15) is 9.59 Å². The molecule has 0 bridgehead atoms. The average Bonchev–Trinajstić information content (AvgIpc) is 1.61. The minimum Gasteiger partial charge on any atom is -0.481 e. The van der Waals surface area contributed by atoms with Crippen LogP contribution in [-0.2, 0) is 26.7 Å². The molecule has 5 heteroatoms. The Morgan fingerprint density at radius 1 is 1.00 bits per heavy atom. The molecule has 0 aliphatic heterocycles. The Labute approximate surface area is 62.3 Å². The Balaban J connectivity index is 0. The molecule has 53 valence electrons. The zero-order valence-electron chi connectivity index (χ0n) is 4.50. The molecule has 0 spiro atoms. The van der Waals surface area contributed by atoms with Gasteiger partial charge in [0.1, 0.15) is 0 Å². The van der Waals surface area contributed by atoms with Gasteiger partial charge in [-0.2, -0.15) is 0 Å². The molecule has 0 aliphatic rings. The molecule has 0 unspecified atom stereocenters. The molecular weight excluding hydrogens is 167 g/mol. The van der Waals surface area contributed by atoms with Crippen LogP contribution in [0.1, 0.15) is 12.8 Å². The van der Waals surface area contributed by atoms with Crippen molar-refractivity contribution in [1.29, 1.82) is 0 Å². The molecule has 0 aliphatic carbocycles. The molecule has 4 nitrogen and oxygen atoms in total. The third-order valence-corrected chi connectivity index (χ3v) is 0.553. The topological polar surface area (TPSA) is 74.6 Å². The van der Waals surface area contributed by atoms with Crippen LogP contribution in [0, 0.1) is 0 Å². The zero-order chi connectivity index (χ0) is 6.57. The Hall–Kier alpha value is -0.541. The van der Waals surface area contributed by atoms with Crippen molar-refractivity contribution in [2.24, 2.45) is 0 Å². The van der Waals surface area contributed by atoms with Crippen LogP contribution in [0.25, 0.3) is 0 Å². The van der Waals surface area contributed by atoms with E-state index in [1.165, 1.54) is 0 Å². The van der Waals surface area contributed by atoms with E-state index in [-0.39, 0.29) is 29.9 Å². The Kier molecular flexibility index (Phi) is 7.01. The van der Waals surface area contributed by atoms with Gasteiger partial charge in [-0.05, 0) is 0 Å². The summed E-state index contributed by atoms with van der Waals surface area (Å²) in [7, 11) is 0. The predicted molar refractivity (Wildman–Crippen MR) is 24.5 cm³/mol. The van der Waals surface area contributed by atoms with Crippen LogP contribution in [0.3, 0.4) is 0 Å². The molecule has 0 rings (SSSR count). The monoisotopic (exact) mass is 173 g/mol. The van der Waals surface area contributed by atoms with Crippen LogP contribution < -0.4 is 0 Å². The van der Waals surface area contributed by atoms with Gasteiger partial charge < -0.3 is 10.2 Å². The number of carboxylic acids is 2. The molecule has 1 radical (unpaired) electrons. The summed E-state index contributed by atoms with van der Waals surface area (Å²) < 4.78 is 0. The molecule has 0 amide bonds. The van der Waals surface area contributed by atoms with Crippen molar-refractivity contribution >= 4 is 11.9 Å². The van der Waals surface area contributed by atoms with E-state index in [1.54, 1.807) is 0 Å². The maximum absolute atomic E-state index is 9.64. The first-order valence-corrected chi connectivity index (χ1v) is 2.06. The van der Waals surface area contributed by atoms with Crippen LogP contribution in [0.5, 0.6) is 0 Å².